The first-order chi connectivity index (χ1) is 4.39. The van der Waals surface area contributed by atoms with Crippen LogP contribution in [0.15, 0.2) is 48.2 Å². The molecule has 0 bridgehead atoms. The van der Waals surface area contributed by atoms with Gasteiger partial charge in [0.1, 0.15) is 0 Å². The Morgan fingerprint density at radius 2 is 1.56 bits per heavy atom. The minimum Gasteiger partial charge on any atom is -0.399 e. The normalized spacial score (nSPS) is 16.7. The Labute approximate surface area is 54.9 Å². The monoisotopic (exact) mass is 119 g/mol. The molecule has 0 aliphatic heterocycles. The predicted molar refractivity (Wildman–Crippen MR) is 39.7 cm³/mol. The number of nitrogens with two attached hydrogens (primary N) is 1. The van der Waals surface area contributed by atoms with Crippen molar-refractivity contribution in [2.45, 2.75) is 0 Å². The van der Waals surface area contributed by atoms with E-state index in [-0.39, 0.29) is 0 Å². The molecule has 1 aliphatic carbocycles. The third-order valence-electron chi connectivity index (χ3n) is 1.02. The van der Waals surface area contributed by atoms with Gasteiger partial charge in [-0.05, 0) is 12.2 Å². The van der Waals surface area contributed by atoms with E-state index in [1.54, 1.807) is 0 Å². The summed E-state index contributed by atoms with van der Waals surface area (Å²) in [5.74, 6) is 0. The fourth-order valence-electron chi connectivity index (χ4n) is 0.581. The zero-order valence-corrected chi connectivity index (χ0v) is 5.12. The van der Waals surface area contributed by atoms with E-state index in [2.05, 4.69) is 0 Å². The van der Waals surface area contributed by atoms with Crippen molar-refractivity contribution < 1.29 is 0 Å². The summed E-state index contributed by atoms with van der Waals surface area (Å²) in [7, 11) is 0. The second-order valence-corrected chi connectivity index (χ2v) is 1.80. The molecule has 0 saturated heterocycles. The van der Waals surface area contributed by atoms with Crippen LogP contribution < -0.4 is 5.73 Å². The number of hydrogen-bond acceptors (Lipinski definition) is 1. The molecule has 1 heteroatoms. The highest BCUT2D eigenvalue weighted by atomic mass is 14.5. The van der Waals surface area contributed by atoms with Crippen molar-refractivity contribution in [2.24, 2.45) is 5.73 Å². The van der Waals surface area contributed by atoms with E-state index < -0.39 is 0 Å². The van der Waals surface area contributed by atoms with Crippen LogP contribution in [0.2, 0.25) is 0 Å². The van der Waals surface area contributed by atoms with Crippen molar-refractivity contribution in [3.63, 3.8) is 0 Å². The molecule has 1 aliphatic rings. The second-order valence-electron chi connectivity index (χ2n) is 1.80. The number of allylic oxidation sites excluding steroid dienone is 7. The molecule has 1 rings (SSSR count). The Bertz CT molecular complexity index is 195. The molecule has 46 valence electrons. The van der Waals surface area contributed by atoms with Crippen LogP contribution in [-0.2, 0) is 0 Å². The third-order valence-corrected chi connectivity index (χ3v) is 1.02. The van der Waals surface area contributed by atoms with Crippen LogP contribution in [0, 0.1) is 0 Å². The predicted octanol–water partition coefficient (Wildman–Crippen LogP) is 1.51. The van der Waals surface area contributed by atoms with Crippen molar-refractivity contribution in [3.05, 3.63) is 48.2 Å². The van der Waals surface area contributed by atoms with Crippen LogP contribution in [0.3, 0.4) is 0 Å². The number of hydrogen-bond donors (Lipinski definition) is 1. The Morgan fingerprint density at radius 1 is 0.889 bits per heavy atom. The van der Waals surface area contributed by atoms with E-state index in [1.807, 2.05) is 42.5 Å². The Balaban J connectivity index is 2.77. The maximum absolute atomic E-state index is 5.49. The van der Waals surface area contributed by atoms with E-state index in [9.17, 15) is 0 Å². The van der Waals surface area contributed by atoms with Gasteiger partial charge < -0.3 is 5.73 Å². The van der Waals surface area contributed by atoms with Crippen molar-refractivity contribution in [3.8, 4) is 0 Å². The van der Waals surface area contributed by atoms with Gasteiger partial charge in [0.2, 0.25) is 0 Å². The fourth-order valence-corrected chi connectivity index (χ4v) is 0.581. The van der Waals surface area contributed by atoms with Crippen LogP contribution in [-0.4, -0.2) is 0 Å². The lowest BCUT2D eigenvalue weighted by atomic mass is 10.3. The van der Waals surface area contributed by atoms with E-state index in [4.69, 9.17) is 5.73 Å². The first-order valence-electron chi connectivity index (χ1n) is 2.87. The molecule has 2 N–H and O–H groups in total. The lowest BCUT2D eigenvalue weighted by molar-refractivity contribution is 1.42. The highest BCUT2D eigenvalue weighted by Crippen LogP contribution is 1.92. The summed E-state index contributed by atoms with van der Waals surface area (Å²) < 4.78 is 0. The standard InChI is InChI=1S/C8H9N/c9-8-6-4-2-1-3-5-7-8/h1-7H,9H2. The van der Waals surface area contributed by atoms with E-state index >= 15 is 0 Å². The lowest BCUT2D eigenvalue weighted by Gasteiger charge is -1.88. The molecule has 0 unspecified atom stereocenters. The molecule has 1 nitrogen and oxygen atoms in total. The van der Waals surface area contributed by atoms with Gasteiger partial charge in [-0.1, -0.05) is 30.4 Å². The minimum absolute atomic E-state index is 0.788. The van der Waals surface area contributed by atoms with Crippen LogP contribution >= 0.6 is 0 Å². The first kappa shape index (κ1) is 5.89. The molecule has 0 spiro atoms. The molecule has 0 heterocycles. The lowest BCUT2D eigenvalue weighted by Crippen LogP contribution is -1.90. The zero-order valence-electron chi connectivity index (χ0n) is 5.12. The summed E-state index contributed by atoms with van der Waals surface area (Å²) in [4.78, 5) is 0. The topological polar surface area (TPSA) is 26.0 Å². The molecule has 0 aromatic carbocycles. The summed E-state index contributed by atoms with van der Waals surface area (Å²) in [6, 6.07) is 0. The van der Waals surface area contributed by atoms with Gasteiger partial charge in [0.25, 0.3) is 0 Å². The van der Waals surface area contributed by atoms with Gasteiger partial charge in [-0.2, -0.15) is 0 Å². The minimum atomic E-state index is 0.788. The molecule has 0 radical (unpaired) electrons. The molecule has 9 heavy (non-hydrogen) atoms. The van der Waals surface area contributed by atoms with E-state index in [1.165, 1.54) is 0 Å². The van der Waals surface area contributed by atoms with Gasteiger partial charge in [0.15, 0.2) is 0 Å². The van der Waals surface area contributed by atoms with E-state index in [0.717, 1.165) is 5.70 Å². The van der Waals surface area contributed by atoms with Gasteiger partial charge in [0.05, 0.1) is 0 Å². The summed E-state index contributed by atoms with van der Waals surface area (Å²) in [6.45, 7) is 0. The molecular formula is C8H9N. The van der Waals surface area contributed by atoms with Crippen molar-refractivity contribution in [2.75, 3.05) is 0 Å². The van der Waals surface area contributed by atoms with Gasteiger partial charge in [-0.15, -0.1) is 0 Å². The average molecular weight is 119 g/mol. The van der Waals surface area contributed by atoms with Crippen LogP contribution in [0.4, 0.5) is 0 Å². The maximum atomic E-state index is 5.49. The zero-order chi connectivity index (χ0) is 6.53. The SMILES string of the molecule is NC1=CC=CC=CC=C1. The Kier molecular flexibility index (Phi) is 1.91. The Hall–Kier alpha value is -1.24. The first-order valence-corrected chi connectivity index (χ1v) is 2.87. The summed E-state index contributed by atoms with van der Waals surface area (Å²) in [5.41, 5.74) is 6.28. The highest BCUT2D eigenvalue weighted by Gasteiger charge is 1.77. The average Bonchev–Trinajstić information content (AvgIpc) is 1.79. The van der Waals surface area contributed by atoms with E-state index in [0.29, 0.717) is 0 Å². The molecule has 0 saturated carbocycles. The molecule has 0 fully saturated rings. The van der Waals surface area contributed by atoms with Gasteiger partial charge in [-0.3, -0.25) is 0 Å². The maximum Gasteiger partial charge on any atom is 0.0313 e. The number of rotatable bonds is 0. The highest BCUT2D eigenvalue weighted by molar-refractivity contribution is 5.28. The van der Waals surface area contributed by atoms with Crippen molar-refractivity contribution in [1.29, 1.82) is 0 Å². The van der Waals surface area contributed by atoms with Crippen molar-refractivity contribution in [1.82, 2.24) is 0 Å². The quantitative estimate of drug-likeness (QED) is 0.514. The van der Waals surface area contributed by atoms with Crippen LogP contribution in [0.5, 0.6) is 0 Å². The third kappa shape index (κ3) is 2.00. The largest absolute Gasteiger partial charge is 0.399 e. The summed E-state index contributed by atoms with van der Waals surface area (Å²) >= 11 is 0. The van der Waals surface area contributed by atoms with Crippen LogP contribution in [0.25, 0.3) is 0 Å². The molecule has 0 amide bonds. The van der Waals surface area contributed by atoms with Gasteiger partial charge in [-0.25, -0.2) is 0 Å². The van der Waals surface area contributed by atoms with Gasteiger partial charge in [0, 0.05) is 5.70 Å². The molecule has 0 aromatic rings. The summed E-state index contributed by atoms with van der Waals surface area (Å²) in [5, 5.41) is 0. The van der Waals surface area contributed by atoms with Gasteiger partial charge >= 0.3 is 0 Å². The second kappa shape index (κ2) is 2.92. The van der Waals surface area contributed by atoms with Crippen molar-refractivity contribution >= 4 is 0 Å². The Morgan fingerprint density at radius 3 is 2.44 bits per heavy atom. The fraction of sp³-hybridized carbons (Fsp3) is 0. The molecule has 0 atom stereocenters. The molecule has 0 aromatic heterocycles. The smallest absolute Gasteiger partial charge is 0.0313 e. The summed E-state index contributed by atoms with van der Waals surface area (Å²) in [6.07, 6.45) is 13.4. The van der Waals surface area contributed by atoms with Crippen LogP contribution in [0.1, 0.15) is 0 Å². The molecular weight excluding hydrogens is 110 g/mol.